The highest BCUT2D eigenvalue weighted by Gasteiger charge is 2.14. The number of nitrogens with zero attached hydrogens (tertiary/aromatic N) is 5. The Balaban J connectivity index is 1.55. The minimum absolute atomic E-state index is 0.479. The van der Waals surface area contributed by atoms with Crippen molar-refractivity contribution in [1.82, 2.24) is 19.5 Å². The molecule has 146 valence electrons. The fourth-order valence-electron chi connectivity index (χ4n) is 3.78. The predicted octanol–water partition coefficient (Wildman–Crippen LogP) is 3.21. The van der Waals surface area contributed by atoms with E-state index in [0.717, 1.165) is 60.2 Å². The van der Waals surface area contributed by atoms with Crippen LogP contribution < -0.4 is 10.6 Å². The zero-order valence-corrected chi connectivity index (χ0v) is 16.2. The van der Waals surface area contributed by atoms with Gasteiger partial charge in [-0.1, -0.05) is 0 Å². The Kier molecular flexibility index (Phi) is 4.37. The number of aromatic nitrogens is 4. The molecular weight excluding hydrogens is 364 g/mol. The molecule has 3 aromatic heterocycles. The monoisotopic (exact) mass is 386 g/mol. The lowest BCUT2D eigenvalue weighted by Crippen LogP contribution is -2.36. The van der Waals surface area contributed by atoms with Gasteiger partial charge in [0.05, 0.1) is 18.9 Å². The molecule has 0 spiro atoms. The average Bonchev–Trinajstić information content (AvgIpc) is 3.09. The first kappa shape index (κ1) is 17.6. The smallest absolute Gasteiger partial charge is 0.165 e. The number of anilines is 2. The summed E-state index contributed by atoms with van der Waals surface area (Å²) in [5.74, 6) is 1.38. The van der Waals surface area contributed by atoms with Crippen LogP contribution in [0.4, 0.5) is 11.5 Å². The van der Waals surface area contributed by atoms with Crippen LogP contribution in [0.25, 0.3) is 28.1 Å². The molecule has 1 fully saturated rings. The Hall–Kier alpha value is -3.45. The van der Waals surface area contributed by atoms with Crippen LogP contribution in [0.5, 0.6) is 0 Å². The Morgan fingerprint density at radius 1 is 0.931 bits per heavy atom. The Bertz CT molecular complexity index is 1160. The van der Waals surface area contributed by atoms with Crippen LogP contribution in [-0.4, -0.2) is 45.8 Å². The molecule has 0 bridgehead atoms. The molecule has 1 aromatic carbocycles. The SMILES string of the molecule is Cc1nc2ccc(-c3ccnc(N)c3)nc2n1-c1ccc(N2CCOCC2)cc1. The van der Waals surface area contributed by atoms with E-state index in [4.69, 9.17) is 20.4 Å². The van der Waals surface area contributed by atoms with Crippen molar-refractivity contribution < 1.29 is 4.74 Å². The second-order valence-corrected chi connectivity index (χ2v) is 7.12. The van der Waals surface area contributed by atoms with Crippen LogP contribution in [0.15, 0.2) is 54.7 Å². The Labute approximate surface area is 168 Å². The fraction of sp³-hybridized carbons (Fsp3) is 0.227. The molecule has 4 aromatic rings. The maximum Gasteiger partial charge on any atom is 0.165 e. The van der Waals surface area contributed by atoms with E-state index in [1.807, 2.05) is 31.2 Å². The highest BCUT2D eigenvalue weighted by molar-refractivity contribution is 5.78. The number of aryl methyl sites for hydroxylation is 1. The fourth-order valence-corrected chi connectivity index (χ4v) is 3.78. The van der Waals surface area contributed by atoms with Gasteiger partial charge in [0.2, 0.25) is 0 Å². The van der Waals surface area contributed by atoms with Gasteiger partial charge in [-0.15, -0.1) is 0 Å². The van der Waals surface area contributed by atoms with Gasteiger partial charge < -0.3 is 15.4 Å². The molecular formula is C22H22N6O. The minimum atomic E-state index is 0.479. The standard InChI is InChI=1S/C22H22N6O/c1-15-25-20-7-6-19(16-8-9-24-21(23)14-16)26-22(20)28(15)18-4-2-17(3-5-18)27-10-12-29-13-11-27/h2-9,14H,10-13H2,1H3,(H2,23,24). The first-order valence-corrected chi connectivity index (χ1v) is 9.70. The molecule has 0 amide bonds. The van der Waals surface area contributed by atoms with Crippen molar-refractivity contribution >= 4 is 22.7 Å². The normalized spacial score (nSPS) is 14.4. The summed E-state index contributed by atoms with van der Waals surface area (Å²) in [7, 11) is 0. The molecule has 0 radical (unpaired) electrons. The molecule has 1 aliphatic rings. The van der Waals surface area contributed by atoms with E-state index in [0.29, 0.717) is 5.82 Å². The molecule has 0 saturated carbocycles. The second-order valence-electron chi connectivity index (χ2n) is 7.12. The highest BCUT2D eigenvalue weighted by Crippen LogP contribution is 2.26. The van der Waals surface area contributed by atoms with E-state index < -0.39 is 0 Å². The topological polar surface area (TPSA) is 82.1 Å². The zero-order valence-electron chi connectivity index (χ0n) is 16.2. The number of nitrogen functional groups attached to an aromatic ring is 1. The van der Waals surface area contributed by atoms with Crippen molar-refractivity contribution in [3.8, 4) is 16.9 Å². The Morgan fingerprint density at radius 3 is 2.45 bits per heavy atom. The van der Waals surface area contributed by atoms with Gasteiger partial charge in [-0.2, -0.15) is 0 Å². The Morgan fingerprint density at radius 2 is 1.69 bits per heavy atom. The van der Waals surface area contributed by atoms with Crippen molar-refractivity contribution in [2.45, 2.75) is 6.92 Å². The van der Waals surface area contributed by atoms with Gasteiger partial charge in [0.25, 0.3) is 0 Å². The van der Waals surface area contributed by atoms with E-state index in [2.05, 4.69) is 38.7 Å². The van der Waals surface area contributed by atoms with Gasteiger partial charge >= 0.3 is 0 Å². The minimum Gasteiger partial charge on any atom is -0.384 e. The summed E-state index contributed by atoms with van der Waals surface area (Å²) >= 11 is 0. The van der Waals surface area contributed by atoms with Crippen molar-refractivity contribution in [1.29, 1.82) is 0 Å². The number of ether oxygens (including phenoxy) is 1. The maximum absolute atomic E-state index is 5.84. The number of nitrogens with two attached hydrogens (primary N) is 1. The average molecular weight is 386 g/mol. The molecule has 0 aliphatic carbocycles. The first-order valence-electron chi connectivity index (χ1n) is 9.70. The van der Waals surface area contributed by atoms with Gasteiger partial charge in [0.1, 0.15) is 17.2 Å². The molecule has 1 saturated heterocycles. The van der Waals surface area contributed by atoms with Crippen LogP contribution in [0, 0.1) is 6.92 Å². The molecule has 5 rings (SSSR count). The summed E-state index contributed by atoms with van der Waals surface area (Å²) in [5, 5.41) is 0. The molecule has 7 heteroatoms. The van der Waals surface area contributed by atoms with Gasteiger partial charge in [-0.05, 0) is 55.5 Å². The van der Waals surface area contributed by atoms with Crippen molar-refractivity contribution in [3.63, 3.8) is 0 Å². The van der Waals surface area contributed by atoms with Crippen molar-refractivity contribution in [3.05, 3.63) is 60.6 Å². The molecule has 7 nitrogen and oxygen atoms in total. The van der Waals surface area contributed by atoms with Crippen LogP contribution in [0.1, 0.15) is 5.82 Å². The summed E-state index contributed by atoms with van der Waals surface area (Å²) in [4.78, 5) is 16.0. The number of hydrogen-bond acceptors (Lipinski definition) is 6. The predicted molar refractivity (Wildman–Crippen MR) is 114 cm³/mol. The highest BCUT2D eigenvalue weighted by atomic mass is 16.5. The van der Waals surface area contributed by atoms with E-state index in [-0.39, 0.29) is 0 Å². The van der Waals surface area contributed by atoms with Crippen molar-refractivity contribution in [2.24, 2.45) is 0 Å². The summed E-state index contributed by atoms with van der Waals surface area (Å²) in [6.45, 7) is 5.40. The molecule has 0 unspecified atom stereocenters. The lowest BCUT2D eigenvalue weighted by Gasteiger charge is -2.29. The van der Waals surface area contributed by atoms with Crippen molar-refractivity contribution in [2.75, 3.05) is 36.9 Å². The number of benzene rings is 1. The largest absolute Gasteiger partial charge is 0.384 e. The molecule has 0 atom stereocenters. The summed E-state index contributed by atoms with van der Waals surface area (Å²) in [6.07, 6.45) is 1.70. The number of fused-ring (bicyclic) bond motifs is 1. The number of hydrogen-bond donors (Lipinski definition) is 1. The first-order chi connectivity index (χ1) is 14.2. The van der Waals surface area contributed by atoms with Crippen LogP contribution >= 0.6 is 0 Å². The molecule has 2 N–H and O–H groups in total. The third kappa shape index (κ3) is 3.30. The summed E-state index contributed by atoms with van der Waals surface area (Å²) < 4.78 is 7.54. The summed E-state index contributed by atoms with van der Waals surface area (Å²) in [6, 6.07) is 16.3. The quantitative estimate of drug-likeness (QED) is 0.582. The van der Waals surface area contributed by atoms with E-state index in [1.165, 1.54) is 5.69 Å². The van der Waals surface area contributed by atoms with E-state index in [9.17, 15) is 0 Å². The van der Waals surface area contributed by atoms with E-state index >= 15 is 0 Å². The maximum atomic E-state index is 5.84. The number of pyridine rings is 2. The molecule has 4 heterocycles. The van der Waals surface area contributed by atoms with Gasteiger partial charge in [-0.25, -0.2) is 15.0 Å². The van der Waals surface area contributed by atoms with Gasteiger partial charge in [-0.3, -0.25) is 4.57 Å². The van der Waals surface area contributed by atoms with Gasteiger partial charge in [0.15, 0.2) is 5.65 Å². The zero-order chi connectivity index (χ0) is 19.8. The lowest BCUT2D eigenvalue weighted by molar-refractivity contribution is 0.122. The van der Waals surface area contributed by atoms with Gasteiger partial charge in [0, 0.05) is 36.2 Å². The third-order valence-corrected chi connectivity index (χ3v) is 5.23. The number of imidazole rings is 1. The lowest BCUT2D eigenvalue weighted by atomic mass is 10.1. The summed E-state index contributed by atoms with van der Waals surface area (Å²) in [5.41, 5.74) is 11.6. The molecule has 29 heavy (non-hydrogen) atoms. The van der Waals surface area contributed by atoms with Crippen LogP contribution in [0.3, 0.4) is 0 Å². The molecule has 1 aliphatic heterocycles. The van der Waals surface area contributed by atoms with Crippen LogP contribution in [0.2, 0.25) is 0 Å². The number of rotatable bonds is 3. The third-order valence-electron chi connectivity index (χ3n) is 5.23. The van der Waals surface area contributed by atoms with E-state index in [1.54, 1.807) is 6.20 Å². The second kappa shape index (κ2) is 7.18. The van der Waals surface area contributed by atoms with Crippen LogP contribution in [-0.2, 0) is 4.74 Å². The number of morpholine rings is 1.